The van der Waals surface area contributed by atoms with Crippen LogP contribution in [0.3, 0.4) is 0 Å². The maximum Gasteiger partial charge on any atom is 0.256 e. The van der Waals surface area contributed by atoms with Crippen LogP contribution in [-0.4, -0.2) is 48.6 Å². The number of carbonyl (C=O) groups excluding carboxylic acids is 2. The predicted octanol–water partition coefficient (Wildman–Crippen LogP) is 4.60. The van der Waals surface area contributed by atoms with Crippen molar-refractivity contribution < 1.29 is 18.4 Å². The number of aromatic nitrogens is 2. The molecule has 9 nitrogen and oxygen atoms in total. The number of alkyl halides is 1. The van der Waals surface area contributed by atoms with Crippen molar-refractivity contribution in [2.75, 3.05) is 42.3 Å². The number of hydrogen-bond acceptors (Lipinski definition) is 7. The number of carbonyl (C=O) groups is 2. The van der Waals surface area contributed by atoms with Gasteiger partial charge < -0.3 is 20.9 Å². The van der Waals surface area contributed by atoms with E-state index in [1.807, 2.05) is 6.07 Å². The lowest BCUT2D eigenvalue weighted by Crippen LogP contribution is -2.28. The smallest absolute Gasteiger partial charge is 0.256 e. The number of nitrogens with zero attached hydrogens (tertiary/aromatic N) is 4. The highest BCUT2D eigenvalue weighted by Gasteiger charge is 2.18. The van der Waals surface area contributed by atoms with Crippen molar-refractivity contribution in [2.45, 2.75) is 6.42 Å². The molecule has 196 valence electrons. The van der Waals surface area contributed by atoms with Gasteiger partial charge in [0.25, 0.3) is 11.8 Å². The van der Waals surface area contributed by atoms with E-state index in [1.54, 1.807) is 24.3 Å². The second-order valence-electron chi connectivity index (χ2n) is 8.01. The molecule has 3 rings (SSSR count). The monoisotopic (exact) mass is 539 g/mol. The molecule has 2 amide bonds. The second-order valence-corrected chi connectivity index (χ2v) is 8.42. The van der Waals surface area contributed by atoms with E-state index in [2.05, 4.69) is 32.5 Å². The molecule has 0 atom stereocenters. The zero-order valence-electron chi connectivity index (χ0n) is 20.4. The van der Waals surface area contributed by atoms with E-state index in [0.717, 1.165) is 11.0 Å². The molecule has 3 N–H and O–H groups in total. The van der Waals surface area contributed by atoms with E-state index < -0.39 is 18.4 Å². The molecule has 0 fully saturated rings. The van der Waals surface area contributed by atoms with Crippen molar-refractivity contribution in [3.05, 3.63) is 82.8 Å². The van der Waals surface area contributed by atoms with E-state index in [0.29, 0.717) is 42.1 Å². The van der Waals surface area contributed by atoms with E-state index >= 15 is 0 Å². The Morgan fingerprint density at radius 2 is 1.92 bits per heavy atom. The fourth-order valence-corrected chi connectivity index (χ4v) is 3.38. The first kappa shape index (κ1) is 28.0. The Bertz CT molecular complexity index is 1380. The molecule has 0 saturated carbocycles. The van der Waals surface area contributed by atoms with Crippen LogP contribution in [-0.2, 0) is 4.79 Å². The zero-order chi connectivity index (χ0) is 27.7. The number of likely N-dealkylation sites (N-methyl/N-ethyl adjacent to an activating group) is 1. The van der Waals surface area contributed by atoms with Crippen LogP contribution >= 0.6 is 11.6 Å². The summed E-state index contributed by atoms with van der Waals surface area (Å²) in [4.78, 5) is 33.8. The van der Waals surface area contributed by atoms with Gasteiger partial charge in [0.2, 0.25) is 5.95 Å². The standard InChI is InChI=1S/C26H24ClF2N7O2/c1-16(13-28)25(38)36(2)22-12-19(8-9-21(22)29)34-26-33-15-20(27)23(35-26)31-10-3-11-32-24(37)18-6-4-17(14-30)5-7-18/h4-9,12,15H,1,3,10-11,13H2,2H3,(H,32,37)(H2,31,33,34,35). The number of nitrogens with one attached hydrogen (secondary N) is 3. The van der Waals surface area contributed by atoms with Gasteiger partial charge in [-0.1, -0.05) is 18.2 Å². The van der Waals surface area contributed by atoms with Gasteiger partial charge in [-0.15, -0.1) is 0 Å². The molecule has 1 heterocycles. The molecule has 0 saturated heterocycles. The number of rotatable bonds is 11. The first-order valence-corrected chi connectivity index (χ1v) is 11.7. The number of halogens is 3. The Hall–Kier alpha value is -4.56. The number of nitriles is 1. The summed E-state index contributed by atoms with van der Waals surface area (Å²) in [6.45, 7) is 3.13. The van der Waals surface area contributed by atoms with Crippen LogP contribution in [0.4, 0.5) is 31.9 Å². The molecule has 0 spiro atoms. The third kappa shape index (κ3) is 7.24. The minimum Gasteiger partial charge on any atom is -0.369 e. The topological polar surface area (TPSA) is 123 Å². The maximum atomic E-state index is 14.3. The van der Waals surface area contributed by atoms with Crippen LogP contribution in [0.25, 0.3) is 0 Å². The van der Waals surface area contributed by atoms with Crippen LogP contribution in [0.1, 0.15) is 22.3 Å². The van der Waals surface area contributed by atoms with Crippen LogP contribution < -0.4 is 20.9 Å². The van der Waals surface area contributed by atoms with Gasteiger partial charge in [0.1, 0.15) is 23.3 Å². The molecule has 12 heteroatoms. The van der Waals surface area contributed by atoms with E-state index in [4.69, 9.17) is 16.9 Å². The number of amides is 2. The molecule has 0 aliphatic carbocycles. The highest BCUT2D eigenvalue weighted by Crippen LogP contribution is 2.26. The first-order valence-electron chi connectivity index (χ1n) is 11.4. The lowest BCUT2D eigenvalue weighted by molar-refractivity contribution is -0.115. The summed E-state index contributed by atoms with van der Waals surface area (Å²) in [6.07, 6.45) is 1.95. The molecule has 0 aliphatic heterocycles. The average molecular weight is 540 g/mol. The Balaban J connectivity index is 1.57. The average Bonchev–Trinajstić information content (AvgIpc) is 2.94. The summed E-state index contributed by atoms with van der Waals surface area (Å²) in [5, 5.41) is 17.9. The van der Waals surface area contributed by atoms with Crippen molar-refractivity contribution in [1.82, 2.24) is 15.3 Å². The van der Waals surface area contributed by atoms with Crippen molar-refractivity contribution in [3.63, 3.8) is 0 Å². The van der Waals surface area contributed by atoms with Gasteiger partial charge in [-0.3, -0.25) is 9.59 Å². The van der Waals surface area contributed by atoms with E-state index in [9.17, 15) is 18.4 Å². The van der Waals surface area contributed by atoms with Gasteiger partial charge in [-0.25, -0.2) is 13.8 Å². The van der Waals surface area contributed by atoms with Gasteiger partial charge in [-0.05, 0) is 48.9 Å². The van der Waals surface area contributed by atoms with Crippen LogP contribution in [0.2, 0.25) is 5.02 Å². The SMILES string of the molecule is C=C(CF)C(=O)N(C)c1cc(Nc2ncc(Cl)c(NCCCNC(=O)c3ccc(C#N)cc3)n2)ccc1F. The molecule has 2 aromatic carbocycles. The van der Waals surface area contributed by atoms with Gasteiger partial charge in [0, 0.05) is 37.0 Å². The number of anilines is 4. The van der Waals surface area contributed by atoms with Crippen molar-refractivity contribution in [2.24, 2.45) is 0 Å². The highest BCUT2D eigenvalue weighted by molar-refractivity contribution is 6.32. The van der Waals surface area contributed by atoms with Crippen molar-refractivity contribution in [1.29, 1.82) is 5.26 Å². The minimum atomic E-state index is -1.04. The summed E-state index contributed by atoms with van der Waals surface area (Å²) in [5.41, 5.74) is 0.938. The minimum absolute atomic E-state index is 0.0787. The highest BCUT2D eigenvalue weighted by atomic mass is 35.5. The number of hydrogen-bond donors (Lipinski definition) is 3. The molecular weight excluding hydrogens is 516 g/mol. The molecule has 38 heavy (non-hydrogen) atoms. The lowest BCUT2D eigenvalue weighted by Gasteiger charge is -2.19. The molecule has 0 radical (unpaired) electrons. The summed E-state index contributed by atoms with van der Waals surface area (Å²) >= 11 is 6.19. The largest absolute Gasteiger partial charge is 0.369 e. The Labute approximate surface area is 223 Å². The van der Waals surface area contributed by atoms with Gasteiger partial charge >= 0.3 is 0 Å². The Morgan fingerprint density at radius 3 is 2.61 bits per heavy atom. The molecular formula is C26H24ClF2N7O2. The normalized spacial score (nSPS) is 10.3. The van der Waals surface area contributed by atoms with Crippen LogP contribution in [0.15, 0.2) is 60.8 Å². The predicted molar refractivity (Wildman–Crippen MR) is 142 cm³/mol. The van der Waals surface area contributed by atoms with Gasteiger partial charge in [-0.2, -0.15) is 10.2 Å². The quantitative estimate of drug-likeness (QED) is 0.240. The first-order chi connectivity index (χ1) is 18.2. The molecule has 0 unspecified atom stereocenters. The fraction of sp³-hybridized carbons (Fsp3) is 0.192. The Morgan fingerprint density at radius 1 is 1.18 bits per heavy atom. The van der Waals surface area contributed by atoms with Crippen molar-refractivity contribution >= 4 is 46.6 Å². The van der Waals surface area contributed by atoms with Gasteiger partial charge in [0.15, 0.2) is 0 Å². The fourth-order valence-electron chi connectivity index (χ4n) is 3.23. The summed E-state index contributed by atoms with van der Waals surface area (Å²) in [5.74, 6) is -1.17. The Kier molecular flexibility index (Phi) is 9.67. The van der Waals surface area contributed by atoms with Crippen molar-refractivity contribution in [3.8, 4) is 6.07 Å². The maximum absolute atomic E-state index is 14.3. The second kappa shape index (κ2) is 13.1. The van der Waals surface area contributed by atoms with Crippen LogP contribution in [0.5, 0.6) is 0 Å². The molecule has 3 aromatic rings. The lowest BCUT2D eigenvalue weighted by atomic mass is 10.1. The van der Waals surface area contributed by atoms with E-state index in [1.165, 1.54) is 25.4 Å². The third-order valence-electron chi connectivity index (χ3n) is 5.28. The summed E-state index contributed by atoms with van der Waals surface area (Å²) < 4.78 is 27.1. The molecule has 1 aromatic heterocycles. The molecule has 0 aliphatic rings. The van der Waals surface area contributed by atoms with Gasteiger partial charge in [0.05, 0.1) is 23.5 Å². The van der Waals surface area contributed by atoms with E-state index in [-0.39, 0.29) is 28.1 Å². The summed E-state index contributed by atoms with van der Waals surface area (Å²) in [6, 6.07) is 12.3. The number of benzene rings is 2. The summed E-state index contributed by atoms with van der Waals surface area (Å²) in [7, 11) is 1.32. The third-order valence-corrected chi connectivity index (χ3v) is 5.56. The van der Waals surface area contributed by atoms with Crippen LogP contribution in [0, 0.1) is 17.1 Å². The molecule has 0 bridgehead atoms. The zero-order valence-corrected chi connectivity index (χ0v) is 21.1.